The van der Waals surface area contributed by atoms with Gasteiger partial charge in [0, 0.05) is 5.56 Å². The maximum Gasteiger partial charge on any atom is 0.195 e. The molecular weight excluding hydrogens is 364 g/mol. The Bertz CT molecular complexity index is 888. The van der Waals surface area contributed by atoms with Gasteiger partial charge in [-0.1, -0.05) is 18.2 Å². The van der Waals surface area contributed by atoms with Crippen molar-refractivity contribution in [3.05, 3.63) is 71.8 Å². The lowest BCUT2D eigenvalue weighted by atomic mass is 9.64. The molecule has 0 nitrogen and oxygen atoms in total. The van der Waals surface area contributed by atoms with Crippen LogP contribution in [-0.4, -0.2) is 0 Å². The van der Waals surface area contributed by atoms with Crippen LogP contribution in [0.25, 0.3) is 11.1 Å². The summed E-state index contributed by atoms with van der Waals surface area (Å²) in [5.74, 6) is -2.37. The Morgan fingerprint density at radius 2 is 1.54 bits per heavy atom. The zero-order valence-electron chi connectivity index (χ0n) is 15.7. The van der Waals surface area contributed by atoms with Crippen LogP contribution < -0.4 is 0 Å². The van der Waals surface area contributed by atoms with Crippen molar-refractivity contribution in [3.63, 3.8) is 0 Å². The van der Waals surface area contributed by atoms with E-state index in [9.17, 15) is 17.6 Å². The molecule has 0 N–H and O–H groups in total. The predicted molar refractivity (Wildman–Crippen MR) is 103 cm³/mol. The van der Waals surface area contributed by atoms with Gasteiger partial charge in [-0.15, -0.1) is 6.58 Å². The molecule has 148 valence electrons. The Hall–Kier alpha value is -2.10. The summed E-state index contributed by atoms with van der Waals surface area (Å²) in [5, 5.41) is 0. The Morgan fingerprint density at radius 1 is 0.786 bits per heavy atom. The van der Waals surface area contributed by atoms with Crippen molar-refractivity contribution in [2.75, 3.05) is 0 Å². The molecule has 2 aromatic carbocycles. The zero-order valence-corrected chi connectivity index (χ0v) is 15.7. The minimum absolute atomic E-state index is 0.129. The third-order valence-corrected chi connectivity index (χ3v) is 6.77. The fourth-order valence-electron chi connectivity index (χ4n) is 5.20. The van der Waals surface area contributed by atoms with Crippen molar-refractivity contribution in [1.29, 1.82) is 0 Å². The van der Waals surface area contributed by atoms with E-state index in [0.29, 0.717) is 23.3 Å². The second-order valence-corrected chi connectivity index (χ2v) is 8.30. The van der Waals surface area contributed by atoms with Crippen molar-refractivity contribution in [1.82, 2.24) is 0 Å². The summed E-state index contributed by atoms with van der Waals surface area (Å²) in [5.41, 5.74) is 0.740. The first-order valence-corrected chi connectivity index (χ1v) is 10.0. The van der Waals surface area contributed by atoms with E-state index in [4.69, 9.17) is 0 Å². The smallest absolute Gasteiger partial charge is 0.195 e. The van der Waals surface area contributed by atoms with E-state index in [1.165, 1.54) is 12.5 Å². The van der Waals surface area contributed by atoms with E-state index < -0.39 is 23.3 Å². The van der Waals surface area contributed by atoms with E-state index in [1.54, 1.807) is 12.1 Å². The summed E-state index contributed by atoms with van der Waals surface area (Å²) in [7, 11) is 0. The number of fused-ring (bicyclic) bond motifs is 1. The summed E-state index contributed by atoms with van der Waals surface area (Å²) in [6, 6.07) is 6.54. The molecule has 4 heteroatoms. The van der Waals surface area contributed by atoms with E-state index in [0.717, 1.165) is 44.2 Å². The van der Waals surface area contributed by atoms with E-state index >= 15 is 0 Å². The number of allylic oxidation sites excluding steroid dienone is 1. The maximum absolute atomic E-state index is 14.9. The van der Waals surface area contributed by atoms with Crippen LogP contribution in [0.1, 0.15) is 50.0 Å². The minimum atomic E-state index is -1.53. The highest BCUT2D eigenvalue weighted by molar-refractivity contribution is 5.65. The highest BCUT2D eigenvalue weighted by Gasteiger charge is 2.36. The van der Waals surface area contributed by atoms with Crippen molar-refractivity contribution >= 4 is 0 Å². The molecule has 4 rings (SSSR count). The number of hydrogen-bond acceptors (Lipinski definition) is 0. The SMILES string of the molecule is C=CC1CCC2CC(c3ccc(-c4ccc(F)c(F)c4F)cc3F)CCC2C1. The lowest BCUT2D eigenvalue weighted by molar-refractivity contribution is 0.132. The lowest BCUT2D eigenvalue weighted by Gasteiger charge is -2.41. The van der Waals surface area contributed by atoms with Crippen LogP contribution in [0.3, 0.4) is 0 Å². The topological polar surface area (TPSA) is 0 Å². The normalized spacial score (nSPS) is 27.3. The van der Waals surface area contributed by atoms with Gasteiger partial charge in [0.2, 0.25) is 0 Å². The van der Waals surface area contributed by atoms with Gasteiger partial charge in [-0.05, 0) is 91.5 Å². The van der Waals surface area contributed by atoms with Crippen LogP contribution >= 0.6 is 0 Å². The molecule has 0 spiro atoms. The fraction of sp³-hybridized carbons (Fsp3) is 0.417. The Morgan fingerprint density at radius 3 is 2.29 bits per heavy atom. The number of rotatable bonds is 3. The molecule has 0 aliphatic heterocycles. The Kier molecular flexibility index (Phi) is 5.31. The molecule has 0 bridgehead atoms. The molecule has 0 aromatic heterocycles. The van der Waals surface area contributed by atoms with Gasteiger partial charge in [-0.3, -0.25) is 0 Å². The molecule has 2 aromatic rings. The highest BCUT2D eigenvalue weighted by atomic mass is 19.2. The van der Waals surface area contributed by atoms with Gasteiger partial charge in [-0.2, -0.15) is 0 Å². The monoisotopic (exact) mass is 388 g/mol. The summed E-state index contributed by atoms with van der Waals surface area (Å²) in [6.45, 7) is 3.93. The average molecular weight is 388 g/mol. The molecule has 0 saturated heterocycles. The predicted octanol–water partition coefficient (Wildman–Crippen LogP) is 7.40. The van der Waals surface area contributed by atoms with Crippen molar-refractivity contribution in [3.8, 4) is 11.1 Å². The van der Waals surface area contributed by atoms with Crippen LogP contribution in [0.2, 0.25) is 0 Å². The van der Waals surface area contributed by atoms with Gasteiger partial charge in [-0.25, -0.2) is 17.6 Å². The van der Waals surface area contributed by atoms with Gasteiger partial charge < -0.3 is 0 Å². The van der Waals surface area contributed by atoms with Gasteiger partial charge in [0.25, 0.3) is 0 Å². The lowest BCUT2D eigenvalue weighted by Crippen LogP contribution is -2.30. The molecule has 2 saturated carbocycles. The summed E-state index contributed by atoms with van der Waals surface area (Å²) in [6.07, 6.45) is 8.60. The number of benzene rings is 2. The maximum atomic E-state index is 14.9. The molecular formula is C24H24F4. The van der Waals surface area contributed by atoms with E-state index in [2.05, 4.69) is 12.7 Å². The minimum Gasteiger partial charge on any atom is -0.207 e. The summed E-state index contributed by atoms with van der Waals surface area (Å²) in [4.78, 5) is 0. The van der Waals surface area contributed by atoms with Crippen molar-refractivity contribution in [2.45, 2.75) is 44.4 Å². The van der Waals surface area contributed by atoms with Gasteiger partial charge in [0.1, 0.15) is 5.82 Å². The molecule has 2 aliphatic carbocycles. The van der Waals surface area contributed by atoms with Crippen LogP contribution in [0.5, 0.6) is 0 Å². The van der Waals surface area contributed by atoms with Crippen molar-refractivity contribution < 1.29 is 17.6 Å². The third kappa shape index (κ3) is 3.49. The van der Waals surface area contributed by atoms with Crippen LogP contribution in [0.4, 0.5) is 17.6 Å². The largest absolute Gasteiger partial charge is 0.207 e. The standard InChI is InChI=1S/C24H24F4/c1-2-14-3-4-16-12-17(6-5-15(16)11-14)19-8-7-18(13-22(19)26)20-9-10-21(25)24(28)23(20)27/h2,7-10,13-17H,1,3-6,11-12H2. The van der Waals surface area contributed by atoms with Crippen LogP contribution in [0.15, 0.2) is 43.0 Å². The van der Waals surface area contributed by atoms with Gasteiger partial charge >= 0.3 is 0 Å². The molecule has 2 aliphatic rings. The fourth-order valence-corrected chi connectivity index (χ4v) is 5.20. The van der Waals surface area contributed by atoms with Crippen LogP contribution in [0, 0.1) is 41.0 Å². The molecule has 28 heavy (non-hydrogen) atoms. The first kappa shape index (κ1) is 19.2. The van der Waals surface area contributed by atoms with E-state index in [-0.39, 0.29) is 17.0 Å². The first-order valence-electron chi connectivity index (χ1n) is 10.0. The number of halogens is 4. The quantitative estimate of drug-likeness (QED) is 0.292. The zero-order chi connectivity index (χ0) is 19.8. The average Bonchev–Trinajstić information content (AvgIpc) is 2.71. The summed E-state index contributed by atoms with van der Waals surface area (Å²) >= 11 is 0. The second-order valence-electron chi connectivity index (χ2n) is 8.30. The molecule has 4 atom stereocenters. The van der Waals surface area contributed by atoms with Crippen LogP contribution in [-0.2, 0) is 0 Å². The van der Waals surface area contributed by atoms with E-state index in [1.807, 2.05) is 0 Å². The van der Waals surface area contributed by atoms with Gasteiger partial charge in [0.15, 0.2) is 17.5 Å². The molecule has 0 amide bonds. The highest BCUT2D eigenvalue weighted by Crippen LogP contribution is 2.48. The molecule has 0 heterocycles. The second kappa shape index (κ2) is 7.73. The Balaban J connectivity index is 1.55. The molecule has 2 fully saturated rings. The molecule has 0 radical (unpaired) electrons. The number of hydrogen-bond donors (Lipinski definition) is 0. The Labute approximate surface area is 163 Å². The summed E-state index contributed by atoms with van der Waals surface area (Å²) < 4.78 is 55.6. The first-order chi connectivity index (χ1) is 13.5. The van der Waals surface area contributed by atoms with Crippen molar-refractivity contribution in [2.24, 2.45) is 17.8 Å². The third-order valence-electron chi connectivity index (χ3n) is 6.77. The van der Waals surface area contributed by atoms with Gasteiger partial charge in [0.05, 0.1) is 0 Å². The molecule has 4 unspecified atom stereocenters.